The highest BCUT2D eigenvalue weighted by Gasteiger charge is 2.29. The number of amides is 2. The second-order valence-electron chi connectivity index (χ2n) is 5.68. The Morgan fingerprint density at radius 1 is 1.23 bits per heavy atom. The fourth-order valence-corrected chi connectivity index (χ4v) is 2.68. The molecule has 2 aromatic rings. The molecule has 1 atom stereocenters. The highest BCUT2D eigenvalue weighted by atomic mass is 16.5. The van der Waals surface area contributed by atoms with Gasteiger partial charge in [0.15, 0.2) is 0 Å². The summed E-state index contributed by atoms with van der Waals surface area (Å²) in [5.74, 6) is -0.0846. The lowest BCUT2D eigenvalue weighted by molar-refractivity contribution is -0.139. The number of hydrogen-bond donors (Lipinski definition) is 2. The van der Waals surface area contributed by atoms with E-state index in [1.807, 2.05) is 0 Å². The number of carbonyl (C=O) groups excluding carboxylic acids is 2. The highest BCUT2D eigenvalue weighted by molar-refractivity contribution is 5.94. The fraction of sp³-hybridized carbons (Fsp3) is 0.278. The zero-order valence-electron chi connectivity index (χ0n) is 14.3. The number of nitrogens with one attached hydrogen (secondary N) is 2. The van der Waals surface area contributed by atoms with Crippen molar-refractivity contribution in [2.45, 2.75) is 19.9 Å². The number of benzene rings is 1. The van der Waals surface area contributed by atoms with E-state index in [0.717, 1.165) is 5.39 Å². The lowest BCUT2D eigenvalue weighted by Crippen LogP contribution is -2.50. The van der Waals surface area contributed by atoms with Gasteiger partial charge in [-0.3, -0.25) is 0 Å². The van der Waals surface area contributed by atoms with Crippen LogP contribution in [-0.4, -0.2) is 31.3 Å². The maximum atomic E-state index is 12.2. The average molecular weight is 358 g/mol. The van der Waals surface area contributed by atoms with Gasteiger partial charge in [-0.15, -0.1) is 0 Å². The van der Waals surface area contributed by atoms with Gasteiger partial charge in [0.2, 0.25) is 0 Å². The minimum Gasteiger partial charge on any atom is -0.487 e. The van der Waals surface area contributed by atoms with Crippen LogP contribution in [0.3, 0.4) is 0 Å². The Bertz CT molecular complexity index is 946. The smallest absolute Gasteiger partial charge is 0.338 e. The van der Waals surface area contributed by atoms with Crippen molar-refractivity contribution in [3.63, 3.8) is 0 Å². The quantitative estimate of drug-likeness (QED) is 0.622. The van der Waals surface area contributed by atoms with Crippen LogP contribution in [-0.2, 0) is 9.53 Å². The summed E-state index contributed by atoms with van der Waals surface area (Å²) in [6.45, 7) is 3.57. The molecular formula is C18H18N2O6. The van der Waals surface area contributed by atoms with Crippen LogP contribution in [0.2, 0.25) is 0 Å². The van der Waals surface area contributed by atoms with Crippen LogP contribution >= 0.6 is 0 Å². The predicted molar refractivity (Wildman–Crippen MR) is 92.8 cm³/mol. The van der Waals surface area contributed by atoms with E-state index in [0.29, 0.717) is 22.6 Å². The molecule has 136 valence electrons. The molecule has 0 radical (unpaired) electrons. The van der Waals surface area contributed by atoms with Crippen molar-refractivity contribution in [1.29, 1.82) is 0 Å². The first-order valence-electron chi connectivity index (χ1n) is 8.12. The Morgan fingerprint density at radius 2 is 2.00 bits per heavy atom. The molecule has 0 saturated heterocycles. The van der Waals surface area contributed by atoms with E-state index in [4.69, 9.17) is 13.9 Å². The van der Waals surface area contributed by atoms with Gasteiger partial charge in [-0.05, 0) is 32.0 Å². The second-order valence-corrected chi connectivity index (χ2v) is 5.68. The van der Waals surface area contributed by atoms with E-state index in [1.165, 1.54) is 6.07 Å². The van der Waals surface area contributed by atoms with Gasteiger partial charge in [0.25, 0.3) is 0 Å². The lowest BCUT2D eigenvalue weighted by atomic mass is 10.0. The summed E-state index contributed by atoms with van der Waals surface area (Å²) < 4.78 is 15.8. The summed E-state index contributed by atoms with van der Waals surface area (Å²) in [4.78, 5) is 35.2. The first kappa shape index (κ1) is 17.5. The molecule has 1 aliphatic rings. The van der Waals surface area contributed by atoms with Crippen molar-refractivity contribution in [3.05, 3.63) is 52.0 Å². The standard InChI is InChI=1S/C18H18N2O6/c1-3-24-17(22)16-10(2)19-18(23)20-13(16)9-25-12-6-4-11-5-7-15(21)26-14(11)8-12/h4-8,10H,3,9H2,1-2H3,(H2,19,20,23)/t10-/m0/s1. The van der Waals surface area contributed by atoms with Gasteiger partial charge in [-0.2, -0.15) is 0 Å². The van der Waals surface area contributed by atoms with Gasteiger partial charge in [-0.1, -0.05) is 0 Å². The van der Waals surface area contributed by atoms with Crippen LogP contribution in [0.5, 0.6) is 5.75 Å². The molecule has 2 heterocycles. The Kier molecular flexibility index (Phi) is 4.92. The summed E-state index contributed by atoms with van der Waals surface area (Å²) >= 11 is 0. The number of carbonyl (C=O) groups is 2. The van der Waals surface area contributed by atoms with Crippen LogP contribution in [0.25, 0.3) is 11.0 Å². The molecule has 1 aliphatic heterocycles. The monoisotopic (exact) mass is 358 g/mol. The molecule has 0 spiro atoms. The van der Waals surface area contributed by atoms with Gasteiger partial charge in [0.05, 0.1) is 23.9 Å². The van der Waals surface area contributed by atoms with E-state index in [1.54, 1.807) is 38.1 Å². The Morgan fingerprint density at radius 3 is 2.77 bits per heavy atom. The predicted octanol–water partition coefficient (Wildman–Crippen LogP) is 1.69. The van der Waals surface area contributed by atoms with Crippen LogP contribution in [0.1, 0.15) is 13.8 Å². The fourth-order valence-electron chi connectivity index (χ4n) is 2.68. The van der Waals surface area contributed by atoms with E-state index >= 15 is 0 Å². The summed E-state index contributed by atoms with van der Waals surface area (Å²) in [7, 11) is 0. The SMILES string of the molecule is CCOC(=O)C1=C(COc2ccc3ccc(=O)oc3c2)NC(=O)N[C@H]1C. The van der Waals surface area contributed by atoms with Crippen molar-refractivity contribution in [2.75, 3.05) is 13.2 Å². The van der Waals surface area contributed by atoms with E-state index in [-0.39, 0.29) is 13.2 Å². The molecule has 0 saturated carbocycles. The minimum absolute atomic E-state index is 0.0471. The maximum absolute atomic E-state index is 12.2. The van der Waals surface area contributed by atoms with E-state index in [9.17, 15) is 14.4 Å². The highest BCUT2D eigenvalue weighted by Crippen LogP contribution is 2.21. The van der Waals surface area contributed by atoms with E-state index in [2.05, 4.69) is 10.6 Å². The zero-order valence-corrected chi connectivity index (χ0v) is 14.3. The second kappa shape index (κ2) is 7.30. The molecule has 0 aliphatic carbocycles. The first-order valence-corrected chi connectivity index (χ1v) is 8.12. The molecule has 0 unspecified atom stereocenters. The zero-order chi connectivity index (χ0) is 18.7. The molecule has 0 bridgehead atoms. The number of rotatable bonds is 5. The number of urea groups is 1. The number of esters is 1. The summed E-state index contributed by atoms with van der Waals surface area (Å²) in [5, 5.41) is 5.95. The van der Waals surface area contributed by atoms with Crippen LogP contribution in [0.15, 0.2) is 50.8 Å². The van der Waals surface area contributed by atoms with Gasteiger partial charge in [0, 0.05) is 17.5 Å². The van der Waals surface area contributed by atoms with Crippen molar-refractivity contribution in [1.82, 2.24) is 10.6 Å². The topological polar surface area (TPSA) is 107 Å². The van der Waals surface area contributed by atoms with Crippen molar-refractivity contribution >= 4 is 23.0 Å². The molecule has 3 rings (SSSR count). The van der Waals surface area contributed by atoms with E-state index < -0.39 is 23.7 Å². The van der Waals surface area contributed by atoms with Gasteiger partial charge < -0.3 is 24.5 Å². The first-order chi connectivity index (χ1) is 12.5. The Balaban J connectivity index is 1.85. The molecule has 0 fully saturated rings. The molecule has 1 aromatic heterocycles. The summed E-state index contributed by atoms with van der Waals surface area (Å²) in [6.07, 6.45) is 0. The van der Waals surface area contributed by atoms with Crippen LogP contribution in [0.4, 0.5) is 4.79 Å². The van der Waals surface area contributed by atoms with Gasteiger partial charge >= 0.3 is 17.6 Å². The average Bonchev–Trinajstić information content (AvgIpc) is 2.59. The Labute approximate surface area is 148 Å². The molecule has 8 nitrogen and oxygen atoms in total. The van der Waals surface area contributed by atoms with Crippen molar-refractivity contribution in [2.24, 2.45) is 0 Å². The summed E-state index contributed by atoms with van der Waals surface area (Å²) in [5.41, 5.74) is 0.562. The molecular weight excluding hydrogens is 340 g/mol. The third-order valence-corrected chi connectivity index (χ3v) is 3.84. The third kappa shape index (κ3) is 3.69. The maximum Gasteiger partial charge on any atom is 0.338 e. The molecule has 2 N–H and O–H groups in total. The number of hydrogen-bond acceptors (Lipinski definition) is 6. The van der Waals surface area contributed by atoms with Gasteiger partial charge in [0.1, 0.15) is 17.9 Å². The number of ether oxygens (including phenoxy) is 2. The molecule has 26 heavy (non-hydrogen) atoms. The third-order valence-electron chi connectivity index (χ3n) is 3.84. The molecule has 1 aromatic carbocycles. The van der Waals surface area contributed by atoms with Crippen LogP contribution < -0.4 is 21.0 Å². The number of fused-ring (bicyclic) bond motifs is 1. The van der Waals surface area contributed by atoms with Crippen LogP contribution in [0, 0.1) is 0 Å². The van der Waals surface area contributed by atoms with Crippen molar-refractivity contribution in [3.8, 4) is 5.75 Å². The summed E-state index contributed by atoms with van der Waals surface area (Å²) in [6, 6.07) is 7.10. The Hall–Kier alpha value is -3.29. The van der Waals surface area contributed by atoms with Crippen molar-refractivity contribution < 1.29 is 23.5 Å². The largest absolute Gasteiger partial charge is 0.487 e. The van der Waals surface area contributed by atoms with Gasteiger partial charge in [-0.25, -0.2) is 14.4 Å². The molecule has 8 heteroatoms. The normalized spacial score (nSPS) is 16.8. The lowest BCUT2D eigenvalue weighted by Gasteiger charge is -2.26. The minimum atomic E-state index is -0.518. The molecule has 2 amide bonds.